The second kappa shape index (κ2) is 7.94. The Morgan fingerprint density at radius 3 is 2.66 bits per heavy atom. The van der Waals surface area contributed by atoms with Crippen molar-refractivity contribution in [1.82, 2.24) is 19.2 Å². The van der Waals surface area contributed by atoms with E-state index in [4.69, 9.17) is 4.74 Å². The van der Waals surface area contributed by atoms with Crippen LogP contribution in [0.4, 0.5) is 4.39 Å². The molecule has 0 bridgehead atoms. The second-order valence-electron chi connectivity index (χ2n) is 8.18. The lowest BCUT2D eigenvalue weighted by Crippen LogP contribution is -2.42. The molecule has 1 saturated heterocycles. The molecule has 12 heteroatoms. The standard InChI is InChI=1S/C20H23FN4O6S/c1-20(2)19-23-15(16(26)18(28)25(19)6-7-31-20)17(27)22-11-12-8-13(21)10-14(9-12)32(29,30)24-4-3-5-24/h8-10,26H,3-7,11H2,1-2H3,(H,22,27). The molecule has 2 N–H and O–H groups in total. The molecule has 0 saturated carbocycles. The highest BCUT2D eigenvalue weighted by atomic mass is 32.2. The molecule has 1 fully saturated rings. The maximum Gasteiger partial charge on any atom is 0.296 e. The van der Waals surface area contributed by atoms with Gasteiger partial charge in [-0.1, -0.05) is 0 Å². The number of ether oxygens (including phenoxy) is 1. The van der Waals surface area contributed by atoms with Crippen LogP contribution in [0.1, 0.15) is 42.1 Å². The molecular weight excluding hydrogens is 443 g/mol. The molecule has 172 valence electrons. The van der Waals surface area contributed by atoms with Crippen LogP contribution >= 0.6 is 0 Å². The van der Waals surface area contributed by atoms with Crippen molar-refractivity contribution >= 4 is 15.9 Å². The minimum atomic E-state index is -3.80. The van der Waals surface area contributed by atoms with Crippen LogP contribution in [0.3, 0.4) is 0 Å². The van der Waals surface area contributed by atoms with Gasteiger partial charge in [0.2, 0.25) is 15.8 Å². The third-order valence-corrected chi connectivity index (χ3v) is 7.39. The van der Waals surface area contributed by atoms with Crippen LogP contribution in [0, 0.1) is 5.82 Å². The van der Waals surface area contributed by atoms with E-state index < -0.39 is 44.4 Å². The number of halogens is 1. The van der Waals surface area contributed by atoms with Crippen molar-refractivity contribution in [2.45, 2.75) is 43.9 Å². The van der Waals surface area contributed by atoms with E-state index in [0.29, 0.717) is 13.1 Å². The number of carbonyl (C=O) groups is 1. The van der Waals surface area contributed by atoms with Gasteiger partial charge >= 0.3 is 0 Å². The Bertz CT molecular complexity index is 1250. The van der Waals surface area contributed by atoms with E-state index in [-0.39, 0.29) is 36.0 Å². The van der Waals surface area contributed by atoms with Gasteiger partial charge in [0.1, 0.15) is 17.2 Å². The summed E-state index contributed by atoms with van der Waals surface area (Å²) in [5.74, 6) is -2.22. The summed E-state index contributed by atoms with van der Waals surface area (Å²) in [6.45, 7) is 4.35. The summed E-state index contributed by atoms with van der Waals surface area (Å²) in [6, 6.07) is 3.31. The minimum absolute atomic E-state index is 0.192. The Morgan fingerprint density at radius 2 is 2.00 bits per heavy atom. The number of carbonyl (C=O) groups excluding carboxylic acids is 1. The van der Waals surface area contributed by atoms with Crippen molar-refractivity contribution in [2.24, 2.45) is 0 Å². The summed E-state index contributed by atoms with van der Waals surface area (Å²) in [4.78, 5) is 29.1. The zero-order valence-corrected chi connectivity index (χ0v) is 18.4. The Labute approximate surface area is 183 Å². The second-order valence-corrected chi connectivity index (χ2v) is 10.1. The molecule has 1 aromatic heterocycles. The molecule has 0 aliphatic carbocycles. The lowest BCUT2D eigenvalue weighted by atomic mass is 10.1. The Morgan fingerprint density at radius 1 is 1.28 bits per heavy atom. The number of hydrogen-bond donors (Lipinski definition) is 2. The predicted octanol–water partition coefficient (Wildman–Crippen LogP) is 0.678. The Hall–Kier alpha value is -2.83. The zero-order chi connectivity index (χ0) is 23.3. The molecule has 10 nitrogen and oxygen atoms in total. The Balaban J connectivity index is 1.59. The number of nitrogens with zero attached hydrogens (tertiary/aromatic N) is 3. The summed E-state index contributed by atoms with van der Waals surface area (Å²) in [5, 5.41) is 12.7. The van der Waals surface area contributed by atoms with Gasteiger partial charge in [-0.3, -0.25) is 14.2 Å². The molecule has 0 spiro atoms. The monoisotopic (exact) mass is 466 g/mol. The quantitative estimate of drug-likeness (QED) is 0.662. The van der Waals surface area contributed by atoms with Gasteiger partial charge in [-0.2, -0.15) is 4.31 Å². The largest absolute Gasteiger partial charge is 0.501 e. The number of sulfonamides is 1. The smallest absolute Gasteiger partial charge is 0.296 e. The average Bonchev–Trinajstić information content (AvgIpc) is 2.67. The van der Waals surface area contributed by atoms with Crippen LogP contribution in [-0.4, -0.2) is 53.0 Å². The lowest BCUT2D eigenvalue weighted by Gasteiger charge is -2.32. The van der Waals surface area contributed by atoms with E-state index in [1.165, 1.54) is 14.9 Å². The van der Waals surface area contributed by atoms with Crippen LogP contribution in [0.5, 0.6) is 5.75 Å². The minimum Gasteiger partial charge on any atom is -0.501 e. The first-order chi connectivity index (χ1) is 15.0. The van der Waals surface area contributed by atoms with Gasteiger partial charge in [-0.15, -0.1) is 0 Å². The van der Waals surface area contributed by atoms with Gasteiger partial charge in [-0.25, -0.2) is 17.8 Å². The molecular formula is C20H23FN4O6S. The number of benzene rings is 1. The maximum absolute atomic E-state index is 14.1. The van der Waals surface area contributed by atoms with Gasteiger partial charge < -0.3 is 15.2 Å². The number of hydrogen-bond acceptors (Lipinski definition) is 7. The molecule has 32 heavy (non-hydrogen) atoms. The Kier molecular flexibility index (Phi) is 5.55. The van der Waals surface area contributed by atoms with Crippen molar-refractivity contribution in [1.29, 1.82) is 0 Å². The molecule has 2 aliphatic rings. The SMILES string of the molecule is CC1(C)OCCn2c1nc(C(=O)NCc1cc(F)cc(S(=O)(=O)N3CCC3)c1)c(O)c2=O. The van der Waals surface area contributed by atoms with Crippen molar-refractivity contribution in [2.75, 3.05) is 19.7 Å². The molecule has 0 atom stereocenters. The van der Waals surface area contributed by atoms with Gasteiger partial charge in [0.05, 0.1) is 18.0 Å². The number of fused-ring (bicyclic) bond motifs is 1. The first-order valence-corrected chi connectivity index (χ1v) is 11.5. The van der Waals surface area contributed by atoms with Crippen LogP contribution in [0.2, 0.25) is 0 Å². The van der Waals surface area contributed by atoms with E-state index in [2.05, 4.69) is 10.3 Å². The summed E-state index contributed by atoms with van der Waals surface area (Å²) in [5.41, 5.74) is -1.98. The first kappa shape index (κ1) is 22.4. The first-order valence-electron chi connectivity index (χ1n) is 10.1. The number of amides is 1. The highest BCUT2D eigenvalue weighted by molar-refractivity contribution is 7.89. The van der Waals surface area contributed by atoms with E-state index in [1.807, 2.05) is 0 Å². The third-order valence-electron chi connectivity index (χ3n) is 5.51. The van der Waals surface area contributed by atoms with Crippen molar-refractivity contribution < 1.29 is 27.4 Å². The fraction of sp³-hybridized carbons (Fsp3) is 0.450. The van der Waals surface area contributed by atoms with Gasteiger partial charge in [-0.05, 0) is 44.0 Å². The van der Waals surface area contributed by atoms with E-state index in [1.54, 1.807) is 13.8 Å². The zero-order valence-electron chi connectivity index (χ0n) is 17.6. The van der Waals surface area contributed by atoms with Crippen LogP contribution < -0.4 is 10.9 Å². The highest BCUT2D eigenvalue weighted by Gasteiger charge is 2.34. The summed E-state index contributed by atoms with van der Waals surface area (Å²) in [7, 11) is -3.80. The van der Waals surface area contributed by atoms with Crippen LogP contribution in [0.25, 0.3) is 0 Å². The van der Waals surface area contributed by atoms with Gasteiger partial charge in [0, 0.05) is 19.6 Å². The molecule has 0 radical (unpaired) electrons. The summed E-state index contributed by atoms with van der Waals surface area (Å²) in [6.07, 6.45) is 0.747. The lowest BCUT2D eigenvalue weighted by molar-refractivity contribution is -0.0566. The van der Waals surface area contributed by atoms with E-state index in [9.17, 15) is 27.5 Å². The number of aromatic hydroxyl groups is 1. The van der Waals surface area contributed by atoms with E-state index in [0.717, 1.165) is 18.6 Å². The fourth-order valence-corrected chi connectivity index (χ4v) is 5.24. The number of rotatable bonds is 5. The third kappa shape index (κ3) is 3.89. The molecule has 2 aromatic rings. The molecule has 2 aliphatic heterocycles. The molecule has 0 unspecified atom stereocenters. The molecule has 1 amide bonds. The normalized spacial score (nSPS) is 18.0. The number of nitrogens with one attached hydrogen (secondary N) is 1. The van der Waals surface area contributed by atoms with Crippen LogP contribution in [0.15, 0.2) is 27.9 Å². The van der Waals surface area contributed by atoms with Gasteiger partial charge in [0.25, 0.3) is 11.5 Å². The number of aromatic nitrogens is 2. The maximum atomic E-state index is 14.1. The van der Waals surface area contributed by atoms with Crippen molar-refractivity contribution in [3.05, 3.63) is 51.5 Å². The van der Waals surface area contributed by atoms with Crippen molar-refractivity contribution in [3.8, 4) is 5.75 Å². The predicted molar refractivity (Wildman–Crippen MR) is 110 cm³/mol. The molecule has 1 aromatic carbocycles. The molecule has 3 heterocycles. The molecule has 4 rings (SSSR count). The topological polar surface area (TPSA) is 131 Å². The average molecular weight is 466 g/mol. The van der Waals surface area contributed by atoms with E-state index >= 15 is 0 Å². The fourth-order valence-electron chi connectivity index (χ4n) is 3.64. The van der Waals surface area contributed by atoms with Crippen molar-refractivity contribution in [3.63, 3.8) is 0 Å². The highest BCUT2D eigenvalue weighted by Crippen LogP contribution is 2.27. The summed E-state index contributed by atoms with van der Waals surface area (Å²) < 4.78 is 47.3. The van der Waals surface area contributed by atoms with Gasteiger partial charge in [0.15, 0.2) is 5.69 Å². The van der Waals surface area contributed by atoms with Crippen LogP contribution in [-0.2, 0) is 33.5 Å². The summed E-state index contributed by atoms with van der Waals surface area (Å²) >= 11 is 0.